The number of rotatable bonds is 2. The van der Waals surface area contributed by atoms with E-state index < -0.39 is 24.0 Å². The van der Waals surface area contributed by atoms with Crippen molar-refractivity contribution in [3.8, 4) is 0 Å². The predicted molar refractivity (Wildman–Crippen MR) is 45.2 cm³/mol. The molecule has 0 aromatic carbocycles. The monoisotopic (exact) mass is 263 g/mol. The molecule has 0 saturated heterocycles. The molecule has 1 fully saturated rings. The van der Waals surface area contributed by atoms with E-state index in [9.17, 15) is 26.7 Å². The fourth-order valence-corrected chi connectivity index (χ4v) is 1.21. The van der Waals surface area contributed by atoms with Crippen molar-refractivity contribution in [3.05, 3.63) is 0 Å². The van der Waals surface area contributed by atoms with Gasteiger partial charge in [0.25, 0.3) is 0 Å². The van der Waals surface area contributed by atoms with Gasteiger partial charge in [-0.25, -0.2) is 13.6 Å². The number of halogens is 5. The molecule has 17 heavy (non-hydrogen) atoms. The van der Waals surface area contributed by atoms with E-state index in [1.54, 1.807) is 0 Å². The van der Waals surface area contributed by atoms with Crippen LogP contribution < -0.4 is 5.73 Å². The lowest BCUT2D eigenvalue weighted by Crippen LogP contribution is -2.37. The molecule has 0 spiro atoms. The van der Waals surface area contributed by atoms with Crippen molar-refractivity contribution in [1.82, 2.24) is 0 Å². The molecule has 100 valence electrons. The lowest BCUT2D eigenvalue weighted by atomic mass is 9.79. The number of carboxylic acid groups (broad SMARTS) is 1. The van der Waals surface area contributed by atoms with Gasteiger partial charge in [0.15, 0.2) is 0 Å². The first-order chi connectivity index (χ1) is 7.44. The Morgan fingerprint density at radius 2 is 1.65 bits per heavy atom. The summed E-state index contributed by atoms with van der Waals surface area (Å²) in [5.41, 5.74) is 4.81. The topological polar surface area (TPSA) is 80.4 Å². The molecule has 0 heterocycles. The van der Waals surface area contributed by atoms with Gasteiger partial charge in [-0.3, -0.25) is 4.79 Å². The molecule has 1 aliphatic rings. The van der Waals surface area contributed by atoms with Gasteiger partial charge >= 0.3 is 12.1 Å². The quantitative estimate of drug-likeness (QED) is 0.741. The van der Waals surface area contributed by atoms with Gasteiger partial charge in [-0.15, -0.1) is 0 Å². The van der Waals surface area contributed by atoms with Crippen molar-refractivity contribution in [3.63, 3.8) is 0 Å². The molecule has 0 aliphatic heterocycles. The summed E-state index contributed by atoms with van der Waals surface area (Å²) in [6, 6.07) is 0. The van der Waals surface area contributed by atoms with Crippen molar-refractivity contribution in [2.24, 2.45) is 11.7 Å². The van der Waals surface area contributed by atoms with Gasteiger partial charge in [0.2, 0.25) is 11.8 Å². The van der Waals surface area contributed by atoms with Gasteiger partial charge in [0.05, 0.1) is 0 Å². The molecule has 4 nitrogen and oxygen atoms in total. The van der Waals surface area contributed by atoms with Crippen LogP contribution in [-0.4, -0.2) is 29.1 Å². The van der Waals surface area contributed by atoms with Crippen molar-refractivity contribution < 1.29 is 36.6 Å². The Morgan fingerprint density at radius 3 is 1.82 bits per heavy atom. The smallest absolute Gasteiger partial charge is 0.475 e. The number of carbonyl (C=O) groups is 2. The van der Waals surface area contributed by atoms with Crippen molar-refractivity contribution in [2.45, 2.75) is 31.4 Å². The lowest BCUT2D eigenvalue weighted by molar-refractivity contribution is -0.192. The van der Waals surface area contributed by atoms with Crippen molar-refractivity contribution in [2.75, 3.05) is 0 Å². The van der Waals surface area contributed by atoms with Gasteiger partial charge in [-0.1, -0.05) is 0 Å². The molecule has 1 amide bonds. The molecule has 0 bridgehead atoms. The van der Waals surface area contributed by atoms with E-state index >= 15 is 0 Å². The van der Waals surface area contributed by atoms with E-state index in [4.69, 9.17) is 15.6 Å². The normalized spacial score (nSPS) is 18.6. The summed E-state index contributed by atoms with van der Waals surface area (Å²) in [5, 5.41) is 7.12. The summed E-state index contributed by atoms with van der Waals surface area (Å²) in [5.74, 6) is -5.94. The lowest BCUT2D eigenvalue weighted by Gasteiger charge is -2.33. The summed E-state index contributed by atoms with van der Waals surface area (Å²) in [7, 11) is 0. The third-order valence-corrected chi connectivity index (χ3v) is 1.91. The van der Waals surface area contributed by atoms with Crippen LogP contribution in [0.5, 0.6) is 0 Å². The number of amides is 1. The number of hydrogen-bond donors (Lipinski definition) is 2. The largest absolute Gasteiger partial charge is 0.490 e. The Kier molecular flexibility index (Phi) is 4.84. The Bertz CT molecular complexity index is 294. The number of carboxylic acids is 1. The number of primary amides is 1. The van der Waals surface area contributed by atoms with Gasteiger partial charge < -0.3 is 10.8 Å². The summed E-state index contributed by atoms with van der Waals surface area (Å²) in [4.78, 5) is 19.1. The zero-order chi connectivity index (χ0) is 13.9. The first-order valence-electron chi connectivity index (χ1n) is 4.40. The van der Waals surface area contributed by atoms with E-state index in [1.165, 1.54) is 0 Å². The van der Waals surface area contributed by atoms with Crippen molar-refractivity contribution in [1.29, 1.82) is 0 Å². The van der Waals surface area contributed by atoms with Crippen LogP contribution in [0.4, 0.5) is 22.0 Å². The van der Waals surface area contributed by atoms with E-state index in [1.807, 2.05) is 0 Å². The number of hydrogen-bond acceptors (Lipinski definition) is 2. The Morgan fingerprint density at radius 1 is 1.29 bits per heavy atom. The van der Waals surface area contributed by atoms with Crippen LogP contribution in [0.3, 0.4) is 0 Å². The zero-order valence-corrected chi connectivity index (χ0v) is 8.43. The summed E-state index contributed by atoms with van der Waals surface area (Å²) in [6.45, 7) is 0. The van der Waals surface area contributed by atoms with Crippen LogP contribution in [0.15, 0.2) is 0 Å². The van der Waals surface area contributed by atoms with E-state index in [-0.39, 0.29) is 25.2 Å². The molecule has 0 atom stereocenters. The van der Waals surface area contributed by atoms with Crippen LogP contribution >= 0.6 is 0 Å². The Balaban J connectivity index is 0.000000325. The predicted octanol–water partition coefficient (Wildman–Crippen LogP) is 1.54. The fraction of sp³-hybridized carbons (Fsp3) is 0.750. The van der Waals surface area contributed by atoms with Crippen LogP contribution in [-0.2, 0) is 9.59 Å². The molecular weight excluding hydrogens is 253 g/mol. The number of nitrogens with two attached hydrogens (primary N) is 1. The second-order valence-electron chi connectivity index (χ2n) is 3.60. The minimum Gasteiger partial charge on any atom is -0.475 e. The summed E-state index contributed by atoms with van der Waals surface area (Å²) in [6.07, 6.45) is -5.32. The molecule has 0 radical (unpaired) electrons. The maximum Gasteiger partial charge on any atom is 0.490 e. The highest BCUT2D eigenvalue weighted by molar-refractivity contribution is 5.74. The van der Waals surface area contributed by atoms with Crippen LogP contribution in [0.25, 0.3) is 0 Å². The molecule has 0 aromatic heterocycles. The van der Waals surface area contributed by atoms with E-state index in [0.29, 0.717) is 0 Å². The van der Waals surface area contributed by atoms with Crippen LogP contribution in [0, 0.1) is 5.92 Å². The number of aliphatic carboxylic acids is 1. The Hall–Kier alpha value is -1.41. The fourth-order valence-electron chi connectivity index (χ4n) is 1.21. The van der Waals surface area contributed by atoms with E-state index in [0.717, 1.165) is 0 Å². The molecule has 3 N–H and O–H groups in total. The average molecular weight is 263 g/mol. The molecule has 9 heteroatoms. The molecule has 1 aliphatic carbocycles. The minimum absolute atomic E-state index is 0.107. The van der Waals surface area contributed by atoms with Gasteiger partial charge in [-0.05, 0) is 5.92 Å². The number of carbonyl (C=O) groups excluding carboxylic acids is 1. The SMILES string of the molecule is NC(=O)CC1CC(F)(F)C1.O=C(O)C(F)(F)F. The molecule has 0 unspecified atom stereocenters. The highest BCUT2D eigenvalue weighted by atomic mass is 19.4. The standard InChI is InChI=1S/C6H9F2NO.C2HF3O2/c7-6(8)2-4(3-6)1-5(9)10;3-2(4,5)1(6)7/h4H,1-3H2,(H2,9,10);(H,6,7). The van der Waals surface area contributed by atoms with Crippen LogP contribution in [0.2, 0.25) is 0 Å². The summed E-state index contributed by atoms with van der Waals surface area (Å²) < 4.78 is 55.9. The average Bonchev–Trinajstić information content (AvgIpc) is 1.98. The second-order valence-corrected chi connectivity index (χ2v) is 3.60. The maximum atomic E-state index is 12.1. The van der Waals surface area contributed by atoms with Gasteiger partial charge in [0, 0.05) is 19.3 Å². The Labute approximate surface area is 92.6 Å². The minimum atomic E-state index is -5.08. The first-order valence-corrected chi connectivity index (χ1v) is 4.40. The van der Waals surface area contributed by atoms with Gasteiger partial charge in [-0.2, -0.15) is 13.2 Å². The second kappa shape index (κ2) is 5.28. The summed E-state index contributed by atoms with van der Waals surface area (Å²) >= 11 is 0. The molecular formula is C8H10F5NO3. The third kappa shape index (κ3) is 6.69. The highest BCUT2D eigenvalue weighted by Crippen LogP contribution is 2.43. The third-order valence-electron chi connectivity index (χ3n) is 1.91. The first kappa shape index (κ1) is 15.6. The van der Waals surface area contributed by atoms with E-state index in [2.05, 4.69) is 0 Å². The van der Waals surface area contributed by atoms with Crippen LogP contribution in [0.1, 0.15) is 19.3 Å². The molecule has 0 aromatic rings. The maximum absolute atomic E-state index is 12.1. The molecule has 1 rings (SSSR count). The van der Waals surface area contributed by atoms with Crippen molar-refractivity contribution >= 4 is 11.9 Å². The molecule has 1 saturated carbocycles. The van der Waals surface area contributed by atoms with Gasteiger partial charge in [0.1, 0.15) is 0 Å². The number of alkyl halides is 5. The zero-order valence-electron chi connectivity index (χ0n) is 8.43. The highest BCUT2D eigenvalue weighted by Gasteiger charge is 2.45.